The third-order valence-electron chi connectivity index (χ3n) is 10.9. The fraction of sp³-hybridized carbons (Fsp3) is 0.378. The molecule has 0 bridgehead atoms. The van der Waals surface area contributed by atoms with Crippen LogP contribution in [0.15, 0.2) is 66.0 Å². The number of ether oxygens (including phenoxy) is 2. The van der Waals surface area contributed by atoms with Crippen molar-refractivity contribution >= 4 is 57.4 Å². The second-order valence-corrected chi connectivity index (χ2v) is 16.0. The van der Waals surface area contributed by atoms with Gasteiger partial charge in [-0.3, -0.25) is 29.4 Å². The van der Waals surface area contributed by atoms with Gasteiger partial charge in [-0.05, 0) is 92.1 Å². The zero-order valence-electron chi connectivity index (χ0n) is 34.0. The standard InChI is InChI=1S/C45H51N7O6S/c1-27(48-42-35-23-38(57-3)39(58-4)24-36(35)49-28(2)50-42)40-21-30(26-59-40)32-14-10-9-13-29(32)25-46-19-11-7-5-6-8-12-20-47-31-15-16-33-34(22-31)45(56)52(44(33)55)37-17-18-41(53)51-43(37)54/h9-10,13-16,21-24,26-27,37,46-47H,5-8,11-12,17-20,25H2,1-4H3,(H,48,49,50)(H,51,53,54). The maximum atomic E-state index is 13.1. The van der Waals surface area contributed by atoms with Crippen molar-refractivity contribution in [3.8, 4) is 22.6 Å². The molecule has 3 aromatic carbocycles. The highest BCUT2D eigenvalue weighted by Crippen LogP contribution is 2.37. The zero-order chi connectivity index (χ0) is 41.5. The number of anilines is 2. The highest BCUT2D eigenvalue weighted by atomic mass is 32.1. The minimum atomic E-state index is -0.963. The summed E-state index contributed by atoms with van der Waals surface area (Å²) in [4.78, 5) is 61.5. The van der Waals surface area contributed by atoms with Crippen molar-refractivity contribution in [2.45, 2.75) is 83.8 Å². The average molecular weight is 818 g/mol. The topological polar surface area (TPSA) is 164 Å². The number of benzene rings is 3. The van der Waals surface area contributed by atoms with E-state index >= 15 is 0 Å². The lowest BCUT2D eigenvalue weighted by molar-refractivity contribution is -0.136. The van der Waals surface area contributed by atoms with E-state index < -0.39 is 23.8 Å². The first-order valence-corrected chi connectivity index (χ1v) is 21.2. The Labute approximate surface area is 348 Å². The van der Waals surface area contributed by atoms with Crippen molar-refractivity contribution < 1.29 is 28.7 Å². The third kappa shape index (κ3) is 9.39. The molecule has 2 aromatic heterocycles. The van der Waals surface area contributed by atoms with E-state index in [4.69, 9.17) is 14.5 Å². The van der Waals surface area contributed by atoms with Gasteiger partial charge in [-0.1, -0.05) is 49.9 Å². The summed E-state index contributed by atoms with van der Waals surface area (Å²) in [5.41, 5.74) is 5.84. The molecule has 7 rings (SSSR count). The number of nitrogens with zero attached hydrogens (tertiary/aromatic N) is 3. The van der Waals surface area contributed by atoms with E-state index in [1.54, 1.807) is 43.8 Å². The number of piperidine rings is 1. The number of nitrogens with one attached hydrogen (secondary N) is 4. The molecule has 2 aliphatic heterocycles. The molecule has 4 N–H and O–H groups in total. The SMILES string of the molecule is COc1cc2nc(C)nc(NC(C)c3cc(-c4ccccc4CNCCCCCCCCNc4ccc5c(c4)C(=O)N(C4CCC(=O)NC4=O)C5=O)cs3)c2cc1OC. The van der Waals surface area contributed by atoms with Gasteiger partial charge in [0.15, 0.2) is 11.5 Å². The van der Waals surface area contributed by atoms with E-state index in [-0.39, 0.29) is 35.9 Å². The van der Waals surface area contributed by atoms with E-state index in [2.05, 4.69) is 68.9 Å². The van der Waals surface area contributed by atoms with E-state index in [1.807, 2.05) is 19.1 Å². The molecular weight excluding hydrogens is 767 g/mol. The molecule has 0 radical (unpaired) electrons. The fourth-order valence-electron chi connectivity index (χ4n) is 7.75. The summed E-state index contributed by atoms with van der Waals surface area (Å²) in [6, 6.07) is 18.8. The zero-order valence-corrected chi connectivity index (χ0v) is 34.8. The molecule has 4 amide bonds. The molecule has 13 nitrogen and oxygen atoms in total. The van der Waals surface area contributed by atoms with Crippen LogP contribution in [0, 0.1) is 6.92 Å². The molecule has 14 heteroatoms. The Morgan fingerprint density at radius 1 is 0.847 bits per heavy atom. The number of carbonyl (C=O) groups excluding carboxylic acids is 4. The number of imide groups is 2. The Hall–Kier alpha value is -5.86. The second-order valence-electron chi connectivity index (χ2n) is 15.0. The molecule has 1 saturated heterocycles. The smallest absolute Gasteiger partial charge is 0.262 e. The van der Waals surface area contributed by atoms with Gasteiger partial charge in [0.1, 0.15) is 17.7 Å². The maximum Gasteiger partial charge on any atom is 0.262 e. The Balaban J connectivity index is 0.814. The van der Waals surface area contributed by atoms with Crippen molar-refractivity contribution in [3.05, 3.63) is 93.4 Å². The monoisotopic (exact) mass is 817 g/mol. The quantitative estimate of drug-likeness (QED) is 0.0475. The number of hydrogen-bond acceptors (Lipinski definition) is 12. The summed E-state index contributed by atoms with van der Waals surface area (Å²) in [7, 11) is 3.25. The minimum Gasteiger partial charge on any atom is -0.493 e. The van der Waals surface area contributed by atoms with Crippen molar-refractivity contribution in [3.63, 3.8) is 0 Å². The first-order chi connectivity index (χ1) is 28.6. The number of thiophene rings is 1. The van der Waals surface area contributed by atoms with Crippen LogP contribution in [0.4, 0.5) is 11.5 Å². The molecule has 0 spiro atoms. The molecule has 308 valence electrons. The molecule has 2 aliphatic rings. The van der Waals surface area contributed by atoms with Gasteiger partial charge in [-0.2, -0.15) is 0 Å². The largest absolute Gasteiger partial charge is 0.493 e. The lowest BCUT2D eigenvalue weighted by atomic mass is 10.0. The molecular formula is C45H51N7O6S. The van der Waals surface area contributed by atoms with Crippen LogP contribution in [-0.4, -0.2) is 71.8 Å². The first-order valence-electron chi connectivity index (χ1n) is 20.3. The maximum absolute atomic E-state index is 13.1. The van der Waals surface area contributed by atoms with E-state index in [0.717, 1.165) is 79.0 Å². The van der Waals surface area contributed by atoms with Crippen LogP contribution < -0.4 is 30.7 Å². The predicted molar refractivity (Wildman–Crippen MR) is 230 cm³/mol. The first kappa shape index (κ1) is 41.3. The summed E-state index contributed by atoms with van der Waals surface area (Å²) in [6.45, 7) is 6.55. The average Bonchev–Trinajstić information content (AvgIpc) is 3.82. The number of unbranched alkanes of at least 4 members (excludes halogenated alkanes) is 5. The van der Waals surface area contributed by atoms with E-state index in [0.29, 0.717) is 17.3 Å². The minimum absolute atomic E-state index is 0.0206. The van der Waals surface area contributed by atoms with Crippen LogP contribution in [-0.2, 0) is 16.1 Å². The summed E-state index contributed by atoms with van der Waals surface area (Å²) >= 11 is 1.74. The predicted octanol–water partition coefficient (Wildman–Crippen LogP) is 7.80. The molecule has 59 heavy (non-hydrogen) atoms. The Kier molecular flexibility index (Phi) is 13.2. The summed E-state index contributed by atoms with van der Waals surface area (Å²) < 4.78 is 11.0. The van der Waals surface area contributed by atoms with Crippen molar-refractivity contribution in [2.24, 2.45) is 0 Å². The van der Waals surface area contributed by atoms with Crippen LogP contribution in [0.3, 0.4) is 0 Å². The van der Waals surface area contributed by atoms with Gasteiger partial charge in [0.2, 0.25) is 11.8 Å². The number of aromatic nitrogens is 2. The van der Waals surface area contributed by atoms with Gasteiger partial charge >= 0.3 is 0 Å². The molecule has 2 atom stereocenters. The highest BCUT2D eigenvalue weighted by molar-refractivity contribution is 7.10. The number of aryl methyl sites for hydroxylation is 1. The summed E-state index contributed by atoms with van der Waals surface area (Å²) in [6.07, 6.45) is 6.90. The molecule has 4 heterocycles. The van der Waals surface area contributed by atoms with Gasteiger partial charge in [0, 0.05) is 41.5 Å². The second kappa shape index (κ2) is 18.8. The number of methoxy groups -OCH3 is 2. The lowest BCUT2D eigenvalue weighted by Crippen LogP contribution is -2.54. The molecule has 1 fully saturated rings. The Morgan fingerprint density at radius 3 is 2.36 bits per heavy atom. The Bertz CT molecular complexity index is 2360. The van der Waals surface area contributed by atoms with Crippen LogP contribution in [0.5, 0.6) is 11.5 Å². The number of hydrogen-bond donors (Lipinski definition) is 4. The number of amides is 4. The summed E-state index contributed by atoms with van der Waals surface area (Å²) in [5, 5.41) is 16.0. The Morgan fingerprint density at radius 2 is 1.58 bits per heavy atom. The molecule has 0 saturated carbocycles. The number of rotatable bonds is 19. The fourth-order valence-corrected chi connectivity index (χ4v) is 8.67. The van der Waals surface area contributed by atoms with Crippen LogP contribution in [0.25, 0.3) is 22.0 Å². The van der Waals surface area contributed by atoms with Crippen LogP contribution in [0.2, 0.25) is 0 Å². The van der Waals surface area contributed by atoms with Crippen LogP contribution in [0.1, 0.15) is 101 Å². The lowest BCUT2D eigenvalue weighted by Gasteiger charge is -2.27. The van der Waals surface area contributed by atoms with Gasteiger partial charge in [0.05, 0.1) is 36.9 Å². The summed E-state index contributed by atoms with van der Waals surface area (Å²) in [5.74, 6) is 0.714. The van der Waals surface area contributed by atoms with Crippen molar-refractivity contribution in [2.75, 3.05) is 37.9 Å². The number of fused-ring (bicyclic) bond motifs is 2. The van der Waals surface area contributed by atoms with Gasteiger partial charge in [-0.15, -0.1) is 11.3 Å². The van der Waals surface area contributed by atoms with E-state index in [1.165, 1.54) is 28.0 Å². The van der Waals surface area contributed by atoms with Crippen molar-refractivity contribution in [1.29, 1.82) is 0 Å². The van der Waals surface area contributed by atoms with Gasteiger partial charge in [-0.25, -0.2) is 9.97 Å². The van der Waals surface area contributed by atoms with Crippen LogP contribution >= 0.6 is 11.3 Å². The molecule has 2 unspecified atom stereocenters. The molecule has 0 aliphatic carbocycles. The molecule has 5 aromatic rings. The normalized spacial score (nSPS) is 15.7. The van der Waals surface area contributed by atoms with E-state index in [9.17, 15) is 19.2 Å². The number of carbonyl (C=O) groups is 4. The highest BCUT2D eigenvalue weighted by Gasteiger charge is 2.44. The third-order valence-corrected chi connectivity index (χ3v) is 12.0. The van der Waals surface area contributed by atoms with Gasteiger partial charge in [0.25, 0.3) is 11.8 Å². The van der Waals surface area contributed by atoms with Crippen molar-refractivity contribution in [1.82, 2.24) is 25.5 Å². The van der Waals surface area contributed by atoms with Gasteiger partial charge < -0.3 is 25.4 Å².